The third kappa shape index (κ3) is 6.84. The second-order valence-corrected chi connectivity index (χ2v) is 7.42. The second-order valence-electron chi connectivity index (χ2n) is 7.42. The summed E-state index contributed by atoms with van der Waals surface area (Å²) < 4.78 is 5.71. The summed E-state index contributed by atoms with van der Waals surface area (Å²) in [4.78, 5) is 4.50. The van der Waals surface area contributed by atoms with E-state index >= 15 is 0 Å². The molecule has 0 radical (unpaired) electrons. The molecule has 0 amide bonds. The van der Waals surface area contributed by atoms with Crippen LogP contribution in [0.3, 0.4) is 0 Å². The van der Waals surface area contributed by atoms with Crippen LogP contribution in [-0.4, -0.2) is 37.7 Å². The monoisotopic (exact) mass is 402 g/mol. The van der Waals surface area contributed by atoms with Crippen molar-refractivity contribution in [2.45, 2.75) is 38.8 Å². The maximum atomic E-state index is 5.71. The van der Waals surface area contributed by atoms with Gasteiger partial charge in [-0.2, -0.15) is 5.10 Å². The molecule has 0 aromatic heterocycles. The maximum Gasteiger partial charge on any atom is 0.108 e. The van der Waals surface area contributed by atoms with Gasteiger partial charge in [0.05, 0.1) is 19.2 Å². The number of nitrogens with one attached hydrogen (secondary N) is 1. The summed E-state index contributed by atoms with van der Waals surface area (Å²) in [5, 5.41) is 7.27. The van der Waals surface area contributed by atoms with Gasteiger partial charge in [-0.3, -0.25) is 4.99 Å². The first kappa shape index (κ1) is 21.8. The van der Waals surface area contributed by atoms with Gasteiger partial charge in [0.2, 0.25) is 0 Å². The van der Waals surface area contributed by atoms with E-state index in [2.05, 4.69) is 45.5 Å². The van der Waals surface area contributed by atoms with E-state index in [0.29, 0.717) is 18.8 Å². The van der Waals surface area contributed by atoms with Crippen molar-refractivity contribution in [3.05, 3.63) is 70.8 Å². The molecule has 30 heavy (non-hydrogen) atoms. The Morgan fingerprint density at radius 1 is 1.23 bits per heavy atom. The summed E-state index contributed by atoms with van der Waals surface area (Å²) in [6.07, 6.45) is 5.38. The molecule has 1 aliphatic heterocycles. The van der Waals surface area contributed by atoms with Crippen LogP contribution in [0.15, 0.2) is 58.6 Å². The Morgan fingerprint density at radius 3 is 2.83 bits per heavy atom. The van der Waals surface area contributed by atoms with Crippen LogP contribution in [0.5, 0.6) is 0 Å². The topological polar surface area (TPSA) is 72.0 Å². The zero-order chi connectivity index (χ0) is 21.0. The largest absolute Gasteiger partial charge is 0.376 e. The van der Waals surface area contributed by atoms with Crippen LogP contribution in [0, 0.1) is 18.8 Å². The molecule has 1 atom stereocenters. The van der Waals surface area contributed by atoms with Crippen molar-refractivity contribution in [2.24, 2.45) is 15.9 Å². The molecule has 3 N–H and O–H groups in total. The van der Waals surface area contributed by atoms with Crippen molar-refractivity contribution in [2.75, 3.05) is 19.7 Å². The average molecular weight is 403 g/mol. The van der Waals surface area contributed by atoms with E-state index in [4.69, 9.17) is 10.6 Å². The molecule has 3 rings (SSSR count). The van der Waals surface area contributed by atoms with Crippen LogP contribution < -0.4 is 11.2 Å². The highest BCUT2D eigenvalue weighted by molar-refractivity contribution is 6.38. The summed E-state index contributed by atoms with van der Waals surface area (Å²) in [7, 11) is 0. The average Bonchev–Trinajstić information content (AvgIpc) is 2.78. The molecule has 0 saturated carbocycles. The predicted molar refractivity (Wildman–Crippen MR) is 124 cm³/mol. The van der Waals surface area contributed by atoms with Crippen molar-refractivity contribution >= 4 is 11.9 Å². The fourth-order valence-corrected chi connectivity index (χ4v) is 3.42. The van der Waals surface area contributed by atoms with Crippen molar-refractivity contribution in [1.29, 1.82) is 0 Å². The maximum absolute atomic E-state index is 5.71. The first-order valence-corrected chi connectivity index (χ1v) is 10.5. The number of nitrogens with two attached hydrogens (primary N) is 1. The minimum absolute atomic E-state index is 0.211. The van der Waals surface area contributed by atoms with Gasteiger partial charge in [-0.15, -0.1) is 0 Å². The van der Waals surface area contributed by atoms with E-state index in [0.717, 1.165) is 42.7 Å². The molecule has 0 aliphatic carbocycles. The van der Waals surface area contributed by atoms with Crippen LogP contribution in [0.2, 0.25) is 0 Å². The normalized spacial score (nSPS) is 17.0. The quantitative estimate of drug-likeness (QED) is 0.245. The fraction of sp³-hybridized carbons (Fsp3) is 0.360. The number of aryl methyl sites for hydroxylation is 1. The molecule has 2 aromatic rings. The van der Waals surface area contributed by atoms with E-state index in [1.54, 1.807) is 6.21 Å². The van der Waals surface area contributed by atoms with Crippen LogP contribution in [0.4, 0.5) is 0 Å². The number of hydrogen-bond donors (Lipinski definition) is 2. The van der Waals surface area contributed by atoms with Crippen LogP contribution >= 0.6 is 0 Å². The molecule has 2 aromatic carbocycles. The van der Waals surface area contributed by atoms with E-state index in [1.807, 2.05) is 37.3 Å². The number of ether oxygens (including phenoxy) is 1. The zero-order valence-corrected chi connectivity index (χ0v) is 17.6. The number of aliphatic imine (C=N–C) groups is 1. The Balaban J connectivity index is 1.53. The standard InChI is InChI=1S/C25H30N4O/c1-20-16-21(10-7-14-27-17-22-8-3-2-4-9-22)12-13-24(20)25(29-26)19-28-18-23-11-5-6-15-30-23/h2-4,8-9,12-13,16,19,23,27H,5-6,11,14-15,17-18,26H2,1H3/b28-19?,29-25+. The van der Waals surface area contributed by atoms with Crippen molar-refractivity contribution in [3.63, 3.8) is 0 Å². The molecular weight excluding hydrogens is 372 g/mol. The molecule has 0 bridgehead atoms. The number of hydrazone groups is 1. The summed E-state index contributed by atoms with van der Waals surface area (Å²) in [6, 6.07) is 16.4. The lowest BCUT2D eigenvalue weighted by Crippen LogP contribution is -2.22. The Bertz CT molecular complexity index is 919. The summed E-state index contributed by atoms with van der Waals surface area (Å²) in [5.74, 6) is 12.0. The second kappa shape index (κ2) is 11.9. The van der Waals surface area contributed by atoms with Gasteiger partial charge >= 0.3 is 0 Å². The van der Waals surface area contributed by atoms with Gasteiger partial charge in [0.1, 0.15) is 5.71 Å². The minimum atomic E-state index is 0.211. The molecule has 1 fully saturated rings. The van der Waals surface area contributed by atoms with Gasteiger partial charge in [0.25, 0.3) is 0 Å². The Labute approximate surface area is 179 Å². The molecular formula is C25H30N4O. The Kier molecular flexibility index (Phi) is 8.64. The predicted octanol–water partition coefficient (Wildman–Crippen LogP) is 3.44. The molecule has 156 valence electrons. The lowest BCUT2D eigenvalue weighted by atomic mass is 10.0. The van der Waals surface area contributed by atoms with Crippen molar-refractivity contribution in [3.8, 4) is 11.8 Å². The summed E-state index contributed by atoms with van der Waals surface area (Å²) in [5.41, 5.74) is 4.95. The molecule has 5 nitrogen and oxygen atoms in total. The SMILES string of the molecule is Cc1cc(C#CCNCc2ccccc2)ccc1/C(C=NCC1CCCCO1)=N/N. The summed E-state index contributed by atoms with van der Waals surface area (Å²) >= 11 is 0. The molecule has 1 unspecified atom stereocenters. The highest BCUT2D eigenvalue weighted by atomic mass is 16.5. The molecule has 0 spiro atoms. The third-order valence-electron chi connectivity index (χ3n) is 5.06. The highest BCUT2D eigenvalue weighted by Gasteiger charge is 2.12. The van der Waals surface area contributed by atoms with E-state index in [-0.39, 0.29) is 6.10 Å². The molecule has 1 aliphatic rings. The smallest absolute Gasteiger partial charge is 0.108 e. The molecule has 1 saturated heterocycles. The van der Waals surface area contributed by atoms with Gasteiger partial charge in [-0.1, -0.05) is 48.2 Å². The number of rotatable bonds is 7. The molecule has 5 heteroatoms. The fourth-order valence-electron chi connectivity index (χ4n) is 3.42. The van der Waals surface area contributed by atoms with Gasteiger partial charge in [-0.05, 0) is 49.4 Å². The number of hydrogen-bond acceptors (Lipinski definition) is 5. The van der Waals surface area contributed by atoms with Crippen LogP contribution in [0.1, 0.15) is 41.5 Å². The lowest BCUT2D eigenvalue weighted by molar-refractivity contribution is 0.0226. The van der Waals surface area contributed by atoms with Crippen LogP contribution in [0.25, 0.3) is 0 Å². The van der Waals surface area contributed by atoms with Gasteiger partial charge in [0.15, 0.2) is 0 Å². The minimum Gasteiger partial charge on any atom is -0.376 e. The van der Waals surface area contributed by atoms with E-state index < -0.39 is 0 Å². The van der Waals surface area contributed by atoms with Gasteiger partial charge < -0.3 is 15.9 Å². The summed E-state index contributed by atoms with van der Waals surface area (Å²) in [6.45, 7) is 4.98. The van der Waals surface area contributed by atoms with Gasteiger partial charge in [-0.25, -0.2) is 0 Å². The van der Waals surface area contributed by atoms with Crippen molar-refractivity contribution < 1.29 is 4.74 Å². The first-order chi connectivity index (χ1) is 14.8. The lowest BCUT2D eigenvalue weighted by Gasteiger charge is -2.20. The van der Waals surface area contributed by atoms with Gasteiger partial charge in [0, 0.05) is 30.5 Å². The Hall–Kier alpha value is -2.94. The van der Waals surface area contributed by atoms with E-state index in [9.17, 15) is 0 Å². The van der Waals surface area contributed by atoms with Crippen molar-refractivity contribution in [1.82, 2.24) is 5.32 Å². The number of benzene rings is 2. The third-order valence-corrected chi connectivity index (χ3v) is 5.06. The van der Waals surface area contributed by atoms with E-state index in [1.165, 1.54) is 12.0 Å². The first-order valence-electron chi connectivity index (χ1n) is 10.5. The Morgan fingerprint density at radius 2 is 2.10 bits per heavy atom. The van der Waals surface area contributed by atoms with Crippen LogP contribution in [-0.2, 0) is 11.3 Å². The molecule has 1 heterocycles. The number of nitrogens with zero attached hydrogens (tertiary/aromatic N) is 2. The highest BCUT2D eigenvalue weighted by Crippen LogP contribution is 2.14. The zero-order valence-electron chi connectivity index (χ0n) is 17.6.